The fourth-order valence-corrected chi connectivity index (χ4v) is 1.74. The first-order chi connectivity index (χ1) is 5.66. The van der Waals surface area contributed by atoms with Crippen molar-refractivity contribution >= 4 is 21.1 Å². The fraction of sp³-hybridized carbons (Fsp3) is 0.714. The summed E-state index contributed by atoms with van der Waals surface area (Å²) in [5.41, 5.74) is 0. The minimum Gasteiger partial charge on any atom is -0.467 e. The molecule has 5 heteroatoms. The molecule has 0 saturated carbocycles. The highest BCUT2D eigenvalue weighted by molar-refractivity contribution is 7.13. The van der Waals surface area contributed by atoms with Crippen molar-refractivity contribution in [3.8, 4) is 0 Å². The molecular weight excluding hydrogens is 177 g/mol. The molecule has 0 radical (unpaired) electrons. The van der Waals surface area contributed by atoms with Crippen molar-refractivity contribution in [1.82, 2.24) is 4.67 Å². The van der Waals surface area contributed by atoms with E-state index < -0.39 is 12.0 Å². The van der Waals surface area contributed by atoms with E-state index in [9.17, 15) is 9.59 Å². The summed E-state index contributed by atoms with van der Waals surface area (Å²) < 4.78 is 6.17. The summed E-state index contributed by atoms with van der Waals surface area (Å²) >= 11 is 0. The van der Waals surface area contributed by atoms with Gasteiger partial charge in [0.1, 0.15) is 0 Å². The van der Waals surface area contributed by atoms with Crippen molar-refractivity contribution in [3.05, 3.63) is 0 Å². The SMILES string of the molecule is COC(=O)C1C(=O)CCCN1P. The second-order valence-corrected chi connectivity index (χ2v) is 3.40. The number of Topliss-reactive ketones (excluding diaryl/α,β-unsaturated/α-hetero) is 1. The van der Waals surface area contributed by atoms with Crippen LogP contribution in [0.4, 0.5) is 0 Å². The van der Waals surface area contributed by atoms with Gasteiger partial charge >= 0.3 is 5.97 Å². The van der Waals surface area contributed by atoms with Crippen LogP contribution in [0.1, 0.15) is 12.8 Å². The molecule has 1 aliphatic rings. The molecule has 1 rings (SSSR count). The maximum absolute atomic E-state index is 11.2. The average molecular weight is 189 g/mol. The van der Waals surface area contributed by atoms with Gasteiger partial charge in [0, 0.05) is 13.0 Å². The number of rotatable bonds is 1. The van der Waals surface area contributed by atoms with E-state index in [1.807, 2.05) is 0 Å². The molecule has 0 amide bonds. The zero-order chi connectivity index (χ0) is 9.14. The summed E-state index contributed by atoms with van der Waals surface area (Å²) in [5, 5.41) is 0. The minimum atomic E-state index is -0.700. The Morgan fingerprint density at radius 2 is 2.42 bits per heavy atom. The van der Waals surface area contributed by atoms with Crippen LogP contribution in [-0.4, -0.2) is 36.1 Å². The van der Waals surface area contributed by atoms with Gasteiger partial charge in [-0.05, 0) is 6.42 Å². The summed E-state index contributed by atoms with van der Waals surface area (Å²) in [4.78, 5) is 22.3. The number of methoxy groups -OCH3 is 1. The van der Waals surface area contributed by atoms with E-state index in [-0.39, 0.29) is 5.78 Å². The van der Waals surface area contributed by atoms with Crippen LogP contribution in [0.3, 0.4) is 0 Å². The Bertz CT molecular complexity index is 199. The van der Waals surface area contributed by atoms with Gasteiger partial charge in [-0.2, -0.15) is 0 Å². The van der Waals surface area contributed by atoms with Gasteiger partial charge in [0.15, 0.2) is 11.8 Å². The standard InChI is InChI=1S/C7H12NO3P/c1-11-7(10)6-5(9)3-2-4-8(6)12/h6H,2-4,12H2,1H3. The first-order valence-electron chi connectivity index (χ1n) is 3.78. The maximum atomic E-state index is 11.2. The molecule has 2 atom stereocenters. The molecular formula is C7H12NO3P. The van der Waals surface area contributed by atoms with E-state index in [2.05, 4.69) is 14.1 Å². The van der Waals surface area contributed by atoms with Crippen molar-refractivity contribution < 1.29 is 14.3 Å². The lowest BCUT2D eigenvalue weighted by Gasteiger charge is -2.28. The Kier molecular flexibility index (Phi) is 3.18. The van der Waals surface area contributed by atoms with Crippen LogP contribution in [0, 0.1) is 0 Å². The largest absolute Gasteiger partial charge is 0.467 e. The summed E-state index contributed by atoms with van der Waals surface area (Å²) in [5.74, 6) is -0.516. The van der Waals surface area contributed by atoms with E-state index in [0.717, 1.165) is 13.0 Å². The van der Waals surface area contributed by atoms with Gasteiger partial charge in [0.2, 0.25) is 0 Å². The minimum absolute atomic E-state index is 0.0527. The van der Waals surface area contributed by atoms with Crippen molar-refractivity contribution in [2.75, 3.05) is 13.7 Å². The number of piperidine rings is 1. The first-order valence-corrected chi connectivity index (χ1v) is 4.30. The topological polar surface area (TPSA) is 46.6 Å². The molecule has 0 spiro atoms. The number of ether oxygens (including phenoxy) is 1. The normalized spacial score (nSPS) is 25.5. The van der Waals surface area contributed by atoms with Crippen LogP contribution < -0.4 is 0 Å². The summed E-state index contributed by atoms with van der Waals surface area (Å²) in [7, 11) is 3.67. The van der Waals surface area contributed by atoms with Crippen LogP contribution in [0.15, 0.2) is 0 Å². The Balaban J connectivity index is 2.69. The molecule has 12 heavy (non-hydrogen) atoms. The number of hydrogen-bond donors (Lipinski definition) is 0. The molecule has 1 heterocycles. The number of nitrogens with zero attached hydrogens (tertiary/aromatic N) is 1. The Labute approximate surface area is 73.5 Å². The Hall–Kier alpha value is -0.470. The van der Waals surface area contributed by atoms with Crippen molar-refractivity contribution in [3.63, 3.8) is 0 Å². The van der Waals surface area contributed by atoms with Crippen LogP contribution in [0.25, 0.3) is 0 Å². The molecule has 0 aromatic rings. The molecule has 1 saturated heterocycles. The predicted molar refractivity (Wildman–Crippen MR) is 46.5 cm³/mol. The van der Waals surface area contributed by atoms with Gasteiger partial charge in [-0.15, -0.1) is 0 Å². The second-order valence-electron chi connectivity index (χ2n) is 2.73. The van der Waals surface area contributed by atoms with Crippen LogP contribution >= 0.6 is 9.39 Å². The predicted octanol–water partition coefficient (Wildman–Crippen LogP) is -0.0170. The van der Waals surface area contributed by atoms with E-state index in [0.29, 0.717) is 6.42 Å². The number of hydrogen-bond acceptors (Lipinski definition) is 4. The molecule has 0 aliphatic carbocycles. The highest BCUT2D eigenvalue weighted by Crippen LogP contribution is 2.18. The molecule has 68 valence electrons. The van der Waals surface area contributed by atoms with E-state index >= 15 is 0 Å². The quantitative estimate of drug-likeness (QED) is 0.330. The molecule has 1 aliphatic heterocycles. The summed E-state index contributed by atoms with van der Waals surface area (Å²) in [6.45, 7) is 0.746. The Morgan fingerprint density at radius 1 is 1.75 bits per heavy atom. The third-order valence-electron chi connectivity index (χ3n) is 1.90. The van der Waals surface area contributed by atoms with Crippen LogP contribution in [0.2, 0.25) is 0 Å². The fourth-order valence-electron chi connectivity index (χ4n) is 1.27. The first kappa shape index (κ1) is 9.62. The zero-order valence-electron chi connectivity index (χ0n) is 6.95. The summed E-state index contributed by atoms with van der Waals surface area (Å²) in [6, 6.07) is -0.700. The average Bonchev–Trinajstić information content (AvgIpc) is 2.03. The maximum Gasteiger partial charge on any atom is 0.331 e. The van der Waals surface area contributed by atoms with Gasteiger partial charge in [-0.25, -0.2) is 4.79 Å². The van der Waals surface area contributed by atoms with E-state index in [1.165, 1.54) is 7.11 Å². The van der Waals surface area contributed by atoms with E-state index in [1.54, 1.807) is 4.67 Å². The highest BCUT2D eigenvalue weighted by atomic mass is 31.0. The van der Waals surface area contributed by atoms with Gasteiger partial charge in [-0.1, -0.05) is 9.39 Å². The van der Waals surface area contributed by atoms with Crippen molar-refractivity contribution in [2.24, 2.45) is 0 Å². The smallest absolute Gasteiger partial charge is 0.331 e. The summed E-state index contributed by atoms with van der Waals surface area (Å²) in [6.07, 6.45) is 1.29. The lowest BCUT2D eigenvalue weighted by Crippen LogP contribution is -2.45. The number of ketones is 1. The molecule has 0 N–H and O–H groups in total. The molecule has 1 fully saturated rings. The zero-order valence-corrected chi connectivity index (χ0v) is 8.10. The highest BCUT2D eigenvalue weighted by Gasteiger charge is 2.34. The number of carbonyl (C=O) groups excluding carboxylic acids is 2. The molecule has 4 nitrogen and oxygen atoms in total. The van der Waals surface area contributed by atoms with Crippen LogP contribution in [0.5, 0.6) is 0 Å². The van der Waals surface area contributed by atoms with Gasteiger partial charge in [-0.3, -0.25) is 9.46 Å². The van der Waals surface area contributed by atoms with Crippen molar-refractivity contribution in [1.29, 1.82) is 0 Å². The lowest BCUT2D eigenvalue weighted by atomic mass is 10.0. The third-order valence-corrected chi connectivity index (χ3v) is 2.46. The molecule has 0 aromatic heterocycles. The van der Waals surface area contributed by atoms with Gasteiger partial charge in [0.05, 0.1) is 7.11 Å². The number of esters is 1. The van der Waals surface area contributed by atoms with Crippen molar-refractivity contribution in [2.45, 2.75) is 18.9 Å². The van der Waals surface area contributed by atoms with Crippen LogP contribution in [-0.2, 0) is 14.3 Å². The second kappa shape index (κ2) is 3.97. The van der Waals surface area contributed by atoms with Gasteiger partial charge < -0.3 is 4.74 Å². The Morgan fingerprint density at radius 3 is 2.92 bits per heavy atom. The monoisotopic (exact) mass is 189 g/mol. The van der Waals surface area contributed by atoms with Gasteiger partial charge in [0.25, 0.3) is 0 Å². The molecule has 0 bridgehead atoms. The number of carbonyl (C=O) groups is 2. The third kappa shape index (κ3) is 1.82. The molecule has 0 aromatic carbocycles. The van der Waals surface area contributed by atoms with E-state index in [4.69, 9.17) is 0 Å². The lowest BCUT2D eigenvalue weighted by molar-refractivity contribution is -0.149. The molecule has 2 unspecified atom stereocenters.